The molecule has 0 fully saturated rings. The van der Waals surface area contributed by atoms with E-state index in [1.54, 1.807) is 13.0 Å². The molecule has 1 N–H and O–H groups in total. The maximum absolute atomic E-state index is 12.5. The molecule has 0 unspecified atom stereocenters. The number of benzene rings is 1. The predicted molar refractivity (Wildman–Crippen MR) is 57.8 cm³/mol. The average molecular weight is 257 g/mol. The van der Waals surface area contributed by atoms with Crippen molar-refractivity contribution >= 4 is 5.69 Å². The Morgan fingerprint density at radius 1 is 1.33 bits per heavy atom. The molecule has 0 atom stereocenters. The normalized spacial score (nSPS) is 11.6. The lowest BCUT2D eigenvalue weighted by Crippen LogP contribution is -2.06. The van der Waals surface area contributed by atoms with E-state index in [9.17, 15) is 13.2 Å². The lowest BCUT2D eigenvalue weighted by atomic mass is 10.2. The summed E-state index contributed by atoms with van der Waals surface area (Å²) in [6.07, 6.45) is -4.35. The van der Waals surface area contributed by atoms with Crippen LogP contribution in [-0.4, -0.2) is 10.1 Å². The second-order valence-electron chi connectivity index (χ2n) is 3.66. The summed E-state index contributed by atoms with van der Waals surface area (Å²) in [6, 6.07) is 4.94. The second-order valence-corrected chi connectivity index (χ2v) is 3.66. The van der Waals surface area contributed by atoms with Crippen molar-refractivity contribution in [3.05, 3.63) is 41.5 Å². The van der Waals surface area contributed by atoms with Crippen LogP contribution < -0.4 is 5.32 Å². The Morgan fingerprint density at radius 2 is 2.11 bits per heavy atom. The van der Waals surface area contributed by atoms with Gasteiger partial charge in [-0.1, -0.05) is 11.2 Å². The molecule has 0 saturated heterocycles. The van der Waals surface area contributed by atoms with Gasteiger partial charge in [-0.25, -0.2) is 0 Å². The molecule has 2 aromatic rings. The van der Waals surface area contributed by atoms with E-state index in [1.165, 1.54) is 6.07 Å². The molecule has 1 aromatic carbocycles. The topological polar surface area (TPSA) is 51.0 Å². The van der Waals surface area contributed by atoms with E-state index >= 15 is 0 Å². The highest BCUT2D eigenvalue weighted by atomic mass is 19.4. The van der Waals surface area contributed by atoms with Crippen LogP contribution in [0, 0.1) is 6.92 Å². The van der Waals surface area contributed by atoms with Gasteiger partial charge >= 0.3 is 6.18 Å². The van der Waals surface area contributed by atoms with Crippen molar-refractivity contribution in [2.75, 3.05) is 5.32 Å². The van der Waals surface area contributed by atoms with Gasteiger partial charge in [0.1, 0.15) is 0 Å². The number of rotatable bonds is 3. The minimum atomic E-state index is -4.35. The van der Waals surface area contributed by atoms with Crippen LogP contribution >= 0.6 is 0 Å². The van der Waals surface area contributed by atoms with E-state index in [0.29, 0.717) is 17.4 Å². The SMILES string of the molecule is Cc1nc(CNc2cccc(C(F)(F)F)c2)no1. The first kappa shape index (κ1) is 12.4. The van der Waals surface area contributed by atoms with Crippen LogP contribution in [0.15, 0.2) is 28.8 Å². The van der Waals surface area contributed by atoms with E-state index in [4.69, 9.17) is 4.52 Å². The molecule has 0 saturated carbocycles. The highest BCUT2D eigenvalue weighted by Crippen LogP contribution is 2.30. The van der Waals surface area contributed by atoms with Crippen molar-refractivity contribution in [2.24, 2.45) is 0 Å². The fraction of sp³-hybridized carbons (Fsp3) is 0.273. The maximum Gasteiger partial charge on any atom is 0.416 e. The number of alkyl halides is 3. The summed E-state index contributed by atoms with van der Waals surface area (Å²) in [6.45, 7) is 1.85. The fourth-order valence-electron chi connectivity index (χ4n) is 1.40. The molecule has 0 aliphatic rings. The monoisotopic (exact) mass is 257 g/mol. The van der Waals surface area contributed by atoms with Gasteiger partial charge in [0.25, 0.3) is 0 Å². The van der Waals surface area contributed by atoms with Gasteiger partial charge in [0.05, 0.1) is 12.1 Å². The van der Waals surface area contributed by atoms with Crippen molar-refractivity contribution < 1.29 is 17.7 Å². The molecule has 0 bridgehead atoms. The number of aryl methyl sites for hydroxylation is 1. The van der Waals surface area contributed by atoms with Gasteiger partial charge in [-0.05, 0) is 18.2 Å². The molecule has 96 valence electrons. The first-order valence-corrected chi connectivity index (χ1v) is 5.15. The highest BCUT2D eigenvalue weighted by Gasteiger charge is 2.30. The average Bonchev–Trinajstić information content (AvgIpc) is 2.72. The third-order valence-corrected chi connectivity index (χ3v) is 2.21. The van der Waals surface area contributed by atoms with E-state index in [1.807, 2.05) is 0 Å². The van der Waals surface area contributed by atoms with Gasteiger partial charge < -0.3 is 9.84 Å². The number of nitrogens with zero attached hydrogens (tertiary/aromatic N) is 2. The van der Waals surface area contributed by atoms with Gasteiger partial charge in [0, 0.05) is 12.6 Å². The van der Waals surface area contributed by atoms with Gasteiger partial charge in [0.15, 0.2) is 5.82 Å². The van der Waals surface area contributed by atoms with Crippen LogP contribution in [0.2, 0.25) is 0 Å². The lowest BCUT2D eigenvalue weighted by Gasteiger charge is -2.09. The molecule has 0 aliphatic carbocycles. The van der Waals surface area contributed by atoms with Crippen molar-refractivity contribution in [1.82, 2.24) is 10.1 Å². The van der Waals surface area contributed by atoms with E-state index in [0.717, 1.165) is 12.1 Å². The number of hydrogen-bond donors (Lipinski definition) is 1. The molecule has 7 heteroatoms. The zero-order valence-corrected chi connectivity index (χ0v) is 9.45. The van der Waals surface area contributed by atoms with Crippen LogP contribution in [0.5, 0.6) is 0 Å². The van der Waals surface area contributed by atoms with E-state index in [2.05, 4.69) is 15.5 Å². The first-order chi connectivity index (χ1) is 8.45. The first-order valence-electron chi connectivity index (χ1n) is 5.15. The zero-order chi connectivity index (χ0) is 13.2. The largest absolute Gasteiger partial charge is 0.416 e. The smallest absolute Gasteiger partial charge is 0.378 e. The molecule has 4 nitrogen and oxygen atoms in total. The van der Waals surface area contributed by atoms with Gasteiger partial charge in [0.2, 0.25) is 5.89 Å². The Labute approximate surface area is 101 Å². The Morgan fingerprint density at radius 3 is 2.72 bits per heavy atom. The molecule has 2 rings (SSSR count). The van der Waals surface area contributed by atoms with Crippen LogP contribution in [-0.2, 0) is 12.7 Å². The van der Waals surface area contributed by atoms with Gasteiger partial charge in [-0.2, -0.15) is 18.2 Å². The predicted octanol–water partition coefficient (Wildman–Crippen LogP) is 3.01. The standard InChI is InChI=1S/C11H10F3N3O/c1-7-16-10(17-18-7)6-15-9-4-2-3-8(5-9)11(12,13)14/h2-5,15H,6H2,1H3. The van der Waals surface area contributed by atoms with Crippen LogP contribution in [0.4, 0.5) is 18.9 Å². The summed E-state index contributed by atoms with van der Waals surface area (Å²) in [4.78, 5) is 3.93. The molecule has 1 heterocycles. The zero-order valence-electron chi connectivity index (χ0n) is 9.45. The second kappa shape index (κ2) is 4.67. The molecule has 18 heavy (non-hydrogen) atoms. The van der Waals surface area contributed by atoms with Crippen molar-refractivity contribution in [3.63, 3.8) is 0 Å². The Kier molecular flexibility index (Phi) is 3.22. The van der Waals surface area contributed by atoms with Crippen molar-refractivity contribution in [2.45, 2.75) is 19.6 Å². The lowest BCUT2D eigenvalue weighted by molar-refractivity contribution is -0.137. The van der Waals surface area contributed by atoms with E-state index < -0.39 is 11.7 Å². The van der Waals surface area contributed by atoms with Crippen molar-refractivity contribution in [1.29, 1.82) is 0 Å². The number of halogens is 3. The molecule has 0 aliphatic heterocycles. The quantitative estimate of drug-likeness (QED) is 0.918. The third kappa shape index (κ3) is 2.99. The third-order valence-electron chi connectivity index (χ3n) is 2.21. The number of aromatic nitrogens is 2. The Balaban J connectivity index is 2.06. The van der Waals surface area contributed by atoms with Crippen LogP contribution in [0.3, 0.4) is 0 Å². The Hall–Kier alpha value is -2.05. The molecular weight excluding hydrogens is 247 g/mol. The fourth-order valence-corrected chi connectivity index (χ4v) is 1.40. The van der Waals surface area contributed by atoms with Crippen LogP contribution in [0.1, 0.15) is 17.3 Å². The summed E-state index contributed by atoms with van der Waals surface area (Å²) < 4.78 is 42.2. The number of anilines is 1. The highest BCUT2D eigenvalue weighted by molar-refractivity contribution is 5.46. The summed E-state index contributed by atoms with van der Waals surface area (Å²) >= 11 is 0. The number of nitrogens with one attached hydrogen (secondary N) is 1. The van der Waals surface area contributed by atoms with Crippen molar-refractivity contribution in [3.8, 4) is 0 Å². The van der Waals surface area contributed by atoms with Gasteiger partial charge in [-0.15, -0.1) is 0 Å². The van der Waals surface area contributed by atoms with Gasteiger partial charge in [-0.3, -0.25) is 0 Å². The summed E-state index contributed by atoms with van der Waals surface area (Å²) in [5, 5.41) is 6.43. The van der Waals surface area contributed by atoms with Crippen LogP contribution in [0.25, 0.3) is 0 Å². The molecule has 1 aromatic heterocycles. The minimum Gasteiger partial charge on any atom is -0.378 e. The molecule has 0 amide bonds. The summed E-state index contributed by atoms with van der Waals surface area (Å²) in [5.74, 6) is 0.806. The molecule has 0 spiro atoms. The van der Waals surface area contributed by atoms with E-state index in [-0.39, 0.29) is 6.54 Å². The molecular formula is C11H10F3N3O. The maximum atomic E-state index is 12.5. The number of hydrogen-bond acceptors (Lipinski definition) is 4. The summed E-state index contributed by atoms with van der Waals surface area (Å²) in [5.41, 5.74) is -0.343. The minimum absolute atomic E-state index is 0.207. The summed E-state index contributed by atoms with van der Waals surface area (Å²) in [7, 11) is 0. The Bertz CT molecular complexity index is 536. The molecule has 0 radical (unpaired) electrons.